The van der Waals surface area contributed by atoms with Crippen LogP contribution in [0.1, 0.15) is 30.6 Å². The molecule has 2 aromatic rings. The van der Waals surface area contributed by atoms with Gasteiger partial charge in [0.25, 0.3) is 0 Å². The lowest BCUT2D eigenvalue weighted by Crippen LogP contribution is -2.30. The Hall–Kier alpha value is -2.27. The topological polar surface area (TPSA) is 45.2 Å². The molecule has 122 valence electrons. The van der Waals surface area contributed by atoms with Crippen molar-refractivity contribution in [2.24, 2.45) is 0 Å². The van der Waals surface area contributed by atoms with Crippen molar-refractivity contribution in [3.05, 3.63) is 65.7 Å². The number of benzene rings is 1. The maximum atomic E-state index is 13.5. The molecule has 23 heavy (non-hydrogen) atoms. The Bertz CT molecular complexity index is 633. The molecule has 4 nitrogen and oxygen atoms in total. The van der Waals surface area contributed by atoms with E-state index in [0.717, 1.165) is 5.69 Å². The fourth-order valence-corrected chi connectivity index (χ4v) is 2.24. The van der Waals surface area contributed by atoms with Gasteiger partial charge in [-0.25, -0.2) is 4.39 Å². The first-order valence-electron chi connectivity index (χ1n) is 7.69. The van der Waals surface area contributed by atoms with Crippen LogP contribution in [0, 0.1) is 5.82 Å². The fourth-order valence-electron chi connectivity index (χ4n) is 2.24. The molecule has 1 amide bonds. The molecule has 1 N–H and O–H groups in total. The van der Waals surface area contributed by atoms with Gasteiger partial charge >= 0.3 is 0 Å². The molecule has 1 atom stereocenters. The van der Waals surface area contributed by atoms with Gasteiger partial charge in [-0.2, -0.15) is 0 Å². The summed E-state index contributed by atoms with van der Waals surface area (Å²) in [6.45, 7) is 2.88. The van der Waals surface area contributed by atoms with Gasteiger partial charge in [-0.1, -0.05) is 24.3 Å². The monoisotopic (exact) mass is 315 g/mol. The Morgan fingerprint density at radius 3 is 2.70 bits per heavy atom. The molecule has 1 heterocycles. The molecule has 0 aliphatic rings. The van der Waals surface area contributed by atoms with Gasteiger partial charge in [0.15, 0.2) is 0 Å². The summed E-state index contributed by atoms with van der Waals surface area (Å²) in [7, 11) is 1.96. The summed E-state index contributed by atoms with van der Waals surface area (Å²) in [5, 5.41) is 2.75. The Kier molecular flexibility index (Phi) is 6.23. The zero-order chi connectivity index (χ0) is 16.7. The largest absolute Gasteiger partial charge is 0.352 e. The first kappa shape index (κ1) is 17.1. The lowest BCUT2D eigenvalue weighted by molar-refractivity contribution is -0.121. The third-order valence-corrected chi connectivity index (χ3v) is 3.90. The van der Waals surface area contributed by atoms with Crippen molar-refractivity contribution >= 4 is 5.91 Å². The van der Waals surface area contributed by atoms with Crippen LogP contribution in [0.2, 0.25) is 0 Å². The number of rotatable bonds is 7. The van der Waals surface area contributed by atoms with Crippen LogP contribution in [0.5, 0.6) is 0 Å². The zero-order valence-corrected chi connectivity index (χ0v) is 13.5. The Labute approximate surface area is 136 Å². The number of halogens is 1. The molecule has 0 saturated heterocycles. The summed E-state index contributed by atoms with van der Waals surface area (Å²) in [4.78, 5) is 18.3. The molecular weight excluding hydrogens is 293 g/mol. The molecule has 1 aromatic heterocycles. The lowest BCUT2D eigenvalue weighted by atomic mass is 10.2. The van der Waals surface area contributed by atoms with Gasteiger partial charge in [0.1, 0.15) is 5.82 Å². The maximum absolute atomic E-state index is 13.5. The van der Waals surface area contributed by atoms with E-state index in [-0.39, 0.29) is 24.3 Å². The fraction of sp³-hybridized carbons (Fsp3) is 0.333. The highest BCUT2D eigenvalue weighted by Crippen LogP contribution is 2.15. The summed E-state index contributed by atoms with van der Waals surface area (Å²) in [6.07, 6.45) is 2.13. The van der Waals surface area contributed by atoms with Crippen molar-refractivity contribution in [3.8, 4) is 0 Å². The second-order valence-electron chi connectivity index (χ2n) is 5.53. The predicted molar refractivity (Wildman–Crippen MR) is 88.1 cm³/mol. The minimum Gasteiger partial charge on any atom is -0.352 e. The van der Waals surface area contributed by atoms with E-state index in [4.69, 9.17) is 0 Å². The summed E-state index contributed by atoms with van der Waals surface area (Å²) in [5.74, 6) is -0.387. The quantitative estimate of drug-likeness (QED) is 0.854. The molecule has 0 saturated carbocycles. The van der Waals surface area contributed by atoms with E-state index in [1.165, 1.54) is 6.07 Å². The molecule has 0 bridgehead atoms. The van der Waals surface area contributed by atoms with Crippen molar-refractivity contribution in [1.82, 2.24) is 15.2 Å². The molecule has 5 heteroatoms. The van der Waals surface area contributed by atoms with Gasteiger partial charge in [-0.15, -0.1) is 0 Å². The highest BCUT2D eigenvalue weighted by Gasteiger charge is 2.13. The van der Waals surface area contributed by atoms with Gasteiger partial charge < -0.3 is 5.32 Å². The number of hydrogen-bond donors (Lipinski definition) is 1. The Morgan fingerprint density at radius 2 is 2.00 bits per heavy atom. The third-order valence-electron chi connectivity index (χ3n) is 3.90. The van der Waals surface area contributed by atoms with Crippen LogP contribution in [0.3, 0.4) is 0 Å². The van der Waals surface area contributed by atoms with Crippen LogP contribution in [0.15, 0.2) is 48.7 Å². The SMILES string of the molecule is C[C@@H](c1ccccn1)N(C)CCC(=O)NCc1ccccc1F. The van der Waals surface area contributed by atoms with Crippen molar-refractivity contribution in [3.63, 3.8) is 0 Å². The van der Waals surface area contributed by atoms with Crippen molar-refractivity contribution in [2.45, 2.75) is 25.9 Å². The summed E-state index contributed by atoms with van der Waals surface area (Å²) >= 11 is 0. The molecule has 0 spiro atoms. The van der Waals surface area contributed by atoms with Crippen LogP contribution >= 0.6 is 0 Å². The predicted octanol–water partition coefficient (Wildman–Crippen LogP) is 2.92. The molecule has 0 aliphatic carbocycles. The summed E-state index contributed by atoms with van der Waals surface area (Å²) in [6, 6.07) is 12.4. The van der Waals surface area contributed by atoms with Gasteiger partial charge in [-0.3, -0.25) is 14.7 Å². The smallest absolute Gasteiger partial charge is 0.221 e. The normalized spacial score (nSPS) is 12.2. The maximum Gasteiger partial charge on any atom is 0.221 e. The van der Waals surface area contributed by atoms with Gasteiger partial charge in [0, 0.05) is 37.3 Å². The molecule has 1 aromatic carbocycles. The number of amides is 1. The van der Waals surface area contributed by atoms with E-state index >= 15 is 0 Å². The van der Waals surface area contributed by atoms with Crippen LogP contribution in [0.25, 0.3) is 0 Å². The average molecular weight is 315 g/mol. The molecular formula is C18H22FN3O. The molecule has 0 radical (unpaired) electrons. The standard InChI is InChI=1S/C18H22FN3O/c1-14(17-9-5-6-11-20-17)22(2)12-10-18(23)21-13-15-7-3-4-8-16(15)19/h3-9,11,14H,10,12-13H2,1-2H3,(H,21,23)/t14-/m0/s1. The number of carbonyl (C=O) groups excluding carboxylic acids is 1. The van der Waals surface area contributed by atoms with Crippen LogP contribution in [-0.2, 0) is 11.3 Å². The van der Waals surface area contributed by atoms with Crippen molar-refractivity contribution < 1.29 is 9.18 Å². The minimum atomic E-state index is -0.298. The van der Waals surface area contributed by atoms with Gasteiger partial charge in [0.05, 0.1) is 5.69 Å². The van der Waals surface area contributed by atoms with Gasteiger partial charge in [-0.05, 0) is 32.2 Å². The van der Waals surface area contributed by atoms with Crippen LogP contribution in [-0.4, -0.2) is 29.4 Å². The summed E-state index contributed by atoms with van der Waals surface area (Å²) < 4.78 is 13.5. The average Bonchev–Trinajstić information content (AvgIpc) is 2.59. The summed E-state index contributed by atoms with van der Waals surface area (Å²) in [5.41, 5.74) is 1.47. The van der Waals surface area contributed by atoms with Crippen molar-refractivity contribution in [2.75, 3.05) is 13.6 Å². The molecule has 2 rings (SSSR count). The van der Waals surface area contributed by atoms with E-state index in [2.05, 4.69) is 22.1 Å². The van der Waals surface area contributed by atoms with Crippen LogP contribution in [0.4, 0.5) is 4.39 Å². The first-order valence-corrected chi connectivity index (χ1v) is 7.69. The van der Waals surface area contributed by atoms with E-state index < -0.39 is 0 Å². The Morgan fingerprint density at radius 1 is 1.26 bits per heavy atom. The number of nitrogens with one attached hydrogen (secondary N) is 1. The van der Waals surface area contributed by atoms with Crippen LogP contribution < -0.4 is 5.32 Å². The third kappa shape index (κ3) is 5.14. The molecule has 0 fully saturated rings. The van der Waals surface area contributed by atoms with E-state index in [9.17, 15) is 9.18 Å². The van der Waals surface area contributed by atoms with E-state index in [1.807, 2.05) is 25.2 Å². The second kappa shape index (κ2) is 8.39. The number of nitrogens with zero attached hydrogens (tertiary/aromatic N) is 2. The zero-order valence-electron chi connectivity index (χ0n) is 13.5. The number of carbonyl (C=O) groups is 1. The Balaban J connectivity index is 1.77. The number of aromatic nitrogens is 1. The first-order chi connectivity index (χ1) is 11.1. The van der Waals surface area contributed by atoms with E-state index in [0.29, 0.717) is 18.5 Å². The highest BCUT2D eigenvalue weighted by atomic mass is 19.1. The lowest BCUT2D eigenvalue weighted by Gasteiger charge is -2.23. The molecule has 0 unspecified atom stereocenters. The second-order valence-corrected chi connectivity index (χ2v) is 5.53. The number of pyridine rings is 1. The highest BCUT2D eigenvalue weighted by molar-refractivity contribution is 5.76. The molecule has 0 aliphatic heterocycles. The van der Waals surface area contributed by atoms with Gasteiger partial charge in [0.2, 0.25) is 5.91 Å². The van der Waals surface area contributed by atoms with E-state index in [1.54, 1.807) is 24.4 Å². The number of hydrogen-bond acceptors (Lipinski definition) is 3. The minimum absolute atomic E-state index is 0.0895. The van der Waals surface area contributed by atoms with Crippen molar-refractivity contribution in [1.29, 1.82) is 0 Å².